The molecule has 0 spiro atoms. The van der Waals surface area contributed by atoms with E-state index in [0.717, 1.165) is 5.56 Å². The molecule has 2 aromatic carbocycles. The molecule has 7 nitrogen and oxygen atoms in total. The minimum atomic E-state index is -0.460. The molecule has 0 saturated carbocycles. The van der Waals surface area contributed by atoms with Crippen LogP contribution in [-0.2, 0) is 0 Å². The minimum Gasteiger partial charge on any atom is -0.457 e. The van der Waals surface area contributed by atoms with Crippen LogP contribution in [0.1, 0.15) is 0 Å². The monoisotopic (exact) mass is 283 g/mol. The van der Waals surface area contributed by atoms with Crippen molar-refractivity contribution in [2.75, 3.05) is 0 Å². The van der Waals surface area contributed by atoms with Crippen molar-refractivity contribution in [3.05, 3.63) is 64.9 Å². The summed E-state index contributed by atoms with van der Waals surface area (Å²) in [6, 6.07) is 13.1. The first-order chi connectivity index (χ1) is 10.2. The van der Waals surface area contributed by atoms with Crippen molar-refractivity contribution in [3.63, 3.8) is 0 Å². The number of benzene rings is 2. The number of non-ortho nitro benzene ring substituents is 1. The number of aromatic nitrogens is 2. The fourth-order valence-electron chi connectivity index (χ4n) is 1.81. The largest absolute Gasteiger partial charge is 0.457 e. The van der Waals surface area contributed by atoms with Gasteiger partial charge in [0.25, 0.3) is 5.69 Å². The maximum atomic E-state index is 10.6. The molecular weight excluding hydrogens is 274 g/mol. The number of nitrogens with zero attached hydrogens (tertiary/aromatic N) is 3. The molecule has 0 amide bonds. The van der Waals surface area contributed by atoms with E-state index < -0.39 is 4.92 Å². The summed E-state index contributed by atoms with van der Waals surface area (Å²) in [6.07, 6.45) is 1.41. The molecule has 0 atom stereocenters. The van der Waals surface area contributed by atoms with Gasteiger partial charge in [0, 0.05) is 23.0 Å². The number of hydrogen-bond acceptors (Lipinski definition) is 6. The van der Waals surface area contributed by atoms with Crippen LogP contribution in [0.4, 0.5) is 5.69 Å². The molecule has 3 rings (SSSR count). The molecule has 0 unspecified atom stereocenters. The normalized spacial score (nSPS) is 10.3. The van der Waals surface area contributed by atoms with Crippen molar-refractivity contribution in [1.29, 1.82) is 0 Å². The third-order valence-electron chi connectivity index (χ3n) is 2.80. The Kier molecular flexibility index (Phi) is 3.30. The SMILES string of the molecule is O=[N+]([O-])c1ccc(Oc2ccccc2-c2conn2)cc1. The van der Waals surface area contributed by atoms with Gasteiger partial charge in [-0.3, -0.25) is 10.1 Å². The van der Waals surface area contributed by atoms with E-state index in [1.807, 2.05) is 18.2 Å². The molecule has 0 aliphatic carbocycles. The lowest BCUT2D eigenvalue weighted by molar-refractivity contribution is -0.384. The molecule has 0 bridgehead atoms. The van der Waals surface area contributed by atoms with Gasteiger partial charge < -0.3 is 9.26 Å². The highest BCUT2D eigenvalue weighted by atomic mass is 16.6. The van der Waals surface area contributed by atoms with E-state index in [1.54, 1.807) is 6.07 Å². The molecule has 0 N–H and O–H groups in total. The minimum absolute atomic E-state index is 0.0105. The maximum absolute atomic E-state index is 10.6. The van der Waals surface area contributed by atoms with E-state index in [0.29, 0.717) is 17.2 Å². The lowest BCUT2D eigenvalue weighted by atomic mass is 10.1. The van der Waals surface area contributed by atoms with E-state index in [9.17, 15) is 10.1 Å². The zero-order chi connectivity index (χ0) is 14.7. The maximum Gasteiger partial charge on any atom is 0.269 e. The summed E-state index contributed by atoms with van der Waals surface area (Å²) < 4.78 is 10.5. The van der Waals surface area contributed by atoms with Gasteiger partial charge in [0.1, 0.15) is 17.2 Å². The molecule has 0 radical (unpaired) electrons. The van der Waals surface area contributed by atoms with Crippen molar-refractivity contribution in [1.82, 2.24) is 10.4 Å². The third kappa shape index (κ3) is 2.71. The Balaban J connectivity index is 1.90. The first-order valence-electron chi connectivity index (χ1n) is 6.03. The number of nitro benzene ring substituents is 1. The fourth-order valence-corrected chi connectivity index (χ4v) is 1.81. The van der Waals surface area contributed by atoms with Crippen LogP contribution >= 0.6 is 0 Å². The number of nitro groups is 1. The molecular formula is C14H9N3O4. The highest BCUT2D eigenvalue weighted by Gasteiger charge is 2.11. The van der Waals surface area contributed by atoms with E-state index in [4.69, 9.17) is 9.26 Å². The summed E-state index contributed by atoms with van der Waals surface area (Å²) in [5, 5.41) is 17.9. The van der Waals surface area contributed by atoms with Crippen molar-refractivity contribution < 1.29 is 14.2 Å². The Morgan fingerprint density at radius 1 is 1.10 bits per heavy atom. The zero-order valence-corrected chi connectivity index (χ0v) is 10.7. The van der Waals surface area contributed by atoms with Crippen LogP contribution in [0.3, 0.4) is 0 Å². The molecule has 104 valence electrons. The highest BCUT2D eigenvalue weighted by Crippen LogP contribution is 2.32. The molecule has 0 aliphatic heterocycles. The van der Waals surface area contributed by atoms with Crippen molar-refractivity contribution >= 4 is 5.69 Å². The van der Waals surface area contributed by atoms with Gasteiger partial charge in [-0.1, -0.05) is 12.1 Å². The molecule has 1 aromatic heterocycles. The predicted octanol–water partition coefficient (Wildman–Crippen LogP) is 3.44. The van der Waals surface area contributed by atoms with Crippen LogP contribution in [-0.4, -0.2) is 15.3 Å². The second-order valence-corrected chi connectivity index (χ2v) is 4.14. The lowest BCUT2D eigenvalue weighted by Crippen LogP contribution is -1.90. The standard InChI is InChI=1S/C14H9N3O4/c18-17(19)10-5-7-11(8-6-10)21-14-4-2-1-3-12(14)13-9-20-16-15-13/h1-9H. The van der Waals surface area contributed by atoms with Crippen molar-refractivity contribution in [2.45, 2.75) is 0 Å². The smallest absolute Gasteiger partial charge is 0.269 e. The molecule has 7 heteroatoms. The van der Waals surface area contributed by atoms with E-state index >= 15 is 0 Å². The summed E-state index contributed by atoms with van der Waals surface area (Å²) in [4.78, 5) is 10.2. The Labute approximate surface area is 118 Å². The molecule has 0 saturated heterocycles. The Morgan fingerprint density at radius 3 is 2.52 bits per heavy atom. The Morgan fingerprint density at radius 2 is 1.86 bits per heavy atom. The average Bonchev–Trinajstić information content (AvgIpc) is 3.02. The van der Waals surface area contributed by atoms with E-state index in [2.05, 4.69) is 10.4 Å². The van der Waals surface area contributed by atoms with Crippen molar-refractivity contribution in [3.8, 4) is 22.8 Å². The predicted molar refractivity (Wildman–Crippen MR) is 72.9 cm³/mol. The summed E-state index contributed by atoms with van der Waals surface area (Å²) in [7, 11) is 0. The Hall–Kier alpha value is -3.22. The van der Waals surface area contributed by atoms with Gasteiger partial charge in [-0.15, -0.1) is 5.10 Å². The van der Waals surface area contributed by atoms with Crippen LogP contribution in [0.5, 0.6) is 11.5 Å². The third-order valence-corrected chi connectivity index (χ3v) is 2.80. The highest BCUT2D eigenvalue weighted by molar-refractivity contribution is 5.66. The molecule has 3 aromatic rings. The Bertz CT molecular complexity index is 754. The van der Waals surface area contributed by atoms with Gasteiger partial charge in [-0.05, 0) is 24.3 Å². The number of rotatable bonds is 4. The first kappa shape index (κ1) is 12.8. The molecule has 0 fully saturated rings. The molecule has 0 aliphatic rings. The van der Waals surface area contributed by atoms with Gasteiger partial charge >= 0.3 is 0 Å². The van der Waals surface area contributed by atoms with Gasteiger partial charge in [0.2, 0.25) is 0 Å². The molecule has 1 heterocycles. The number of hydrogen-bond donors (Lipinski definition) is 0. The summed E-state index contributed by atoms with van der Waals surface area (Å²) in [6.45, 7) is 0. The van der Waals surface area contributed by atoms with Crippen LogP contribution in [0.2, 0.25) is 0 Å². The van der Waals surface area contributed by atoms with Gasteiger partial charge in [-0.2, -0.15) is 0 Å². The zero-order valence-electron chi connectivity index (χ0n) is 10.7. The quantitative estimate of drug-likeness (QED) is 0.538. The second kappa shape index (κ2) is 5.41. The van der Waals surface area contributed by atoms with Gasteiger partial charge in [0.05, 0.1) is 4.92 Å². The topological polar surface area (TPSA) is 91.3 Å². The van der Waals surface area contributed by atoms with Crippen LogP contribution < -0.4 is 4.74 Å². The molecule has 21 heavy (non-hydrogen) atoms. The fraction of sp³-hybridized carbons (Fsp3) is 0. The summed E-state index contributed by atoms with van der Waals surface area (Å²) >= 11 is 0. The van der Waals surface area contributed by atoms with Gasteiger partial charge in [0.15, 0.2) is 6.26 Å². The van der Waals surface area contributed by atoms with Crippen LogP contribution in [0.15, 0.2) is 59.3 Å². The van der Waals surface area contributed by atoms with Crippen LogP contribution in [0.25, 0.3) is 11.3 Å². The average molecular weight is 283 g/mol. The first-order valence-corrected chi connectivity index (χ1v) is 6.03. The lowest BCUT2D eigenvalue weighted by Gasteiger charge is -2.08. The van der Waals surface area contributed by atoms with Crippen LogP contribution in [0, 0.1) is 10.1 Å². The summed E-state index contributed by atoms with van der Waals surface area (Å²) in [5.41, 5.74) is 1.28. The van der Waals surface area contributed by atoms with Crippen molar-refractivity contribution in [2.24, 2.45) is 0 Å². The summed E-state index contributed by atoms with van der Waals surface area (Å²) in [5.74, 6) is 1.05. The second-order valence-electron chi connectivity index (χ2n) is 4.14. The number of ether oxygens (including phenoxy) is 1. The van der Waals surface area contributed by atoms with Gasteiger partial charge in [-0.25, -0.2) is 0 Å². The number of para-hydroxylation sites is 1. The van der Waals surface area contributed by atoms with E-state index in [-0.39, 0.29) is 5.69 Å². The van der Waals surface area contributed by atoms with E-state index in [1.165, 1.54) is 30.5 Å².